The van der Waals surface area contributed by atoms with Crippen LogP contribution in [0.4, 0.5) is 27.3 Å². The summed E-state index contributed by atoms with van der Waals surface area (Å²) < 4.78 is 23.0. The van der Waals surface area contributed by atoms with Gasteiger partial charge >= 0.3 is 0 Å². The van der Waals surface area contributed by atoms with Crippen LogP contribution in [0.25, 0.3) is 17.1 Å². The number of rotatable bonds is 13. The smallest absolute Gasteiger partial charge is 0.254 e. The molecule has 2 aromatic carbocycles. The predicted molar refractivity (Wildman–Crippen MR) is 219 cm³/mol. The van der Waals surface area contributed by atoms with Crippen molar-refractivity contribution in [2.45, 2.75) is 58.5 Å². The monoisotopic (exact) mass is 787 g/mol. The number of ketones is 1. The quantitative estimate of drug-likeness (QED) is 0.136. The van der Waals surface area contributed by atoms with E-state index in [1.807, 2.05) is 32.9 Å². The first-order valence-corrected chi connectivity index (χ1v) is 18.9. The predicted octanol–water partition coefficient (Wildman–Crippen LogP) is 5.56. The highest BCUT2D eigenvalue weighted by Crippen LogP contribution is 2.39. The Hall–Kier alpha value is -5.05. The van der Waals surface area contributed by atoms with Gasteiger partial charge < -0.3 is 35.5 Å². The Morgan fingerprint density at radius 3 is 2.45 bits per heavy atom. The van der Waals surface area contributed by atoms with Crippen LogP contribution in [0.5, 0.6) is 5.75 Å². The fourth-order valence-corrected chi connectivity index (χ4v) is 7.38. The third kappa shape index (κ3) is 8.52. The van der Waals surface area contributed by atoms with Crippen molar-refractivity contribution in [2.24, 2.45) is 11.3 Å². The van der Waals surface area contributed by atoms with E-state index in [9.17, 15) is 14.4 Å². The molecule has 13 nitrogen and oxygen atoms in total. The third-order valence-corrected chi connectivity index (χ3v) is 10.8. The van der Waals surface area contributed by atoms with Gasteiger partial charge in [-0.05, 0) is 74.5 Å². The SMILES string of the molecule is CN[C@@H](C)C(=O)N[C@H](C(=O)[C@H]1C(C(=O)Nc2cc3c(Nc4ccc(N5CCN(CC6CC6)CC5)c(F)c4)ncnc3cc2OC)=Cn2cccc21)C(C)(C)C.Cl. The molecule has 4 aromatic rings. The number of amides is 2. The molecule has 2 amide bonds. The molecule has 1 saturated carbocycles. The van der Waals surface area contributed by atoms with Crippen molar-refractivity contribution in [1.29, 1.82) is 0 Å². The average molecular weight is 788 g/mol. The molecule has 0 spiro atoms. The van der Waals surface area contributed by atoms with Crippen molar-refractivity contribution in [3.63, 3.8) is 0 Å². The number of piperazine rings is 1. The van der Waals surface area contributed by atoms with E-state index in [0.29, 0.717) is 45.2 Å². The molecule has 298 valence electrons. The molecule has 1 saturated heterocycles. The molecule has 56 heavy (non-hydrogen) atoms. The van der Waals surface area contributed by atoms with Crippen molar-refractivity contribution < 1.29 is 23.5 Å². The Labute approximate surface area is 332 Å². The number of nitrogens with one attached hydrogen (secondary N) is 4. The van der Waals surface area contributed by atoms with Crippen LogP contribution in [0, 0.1) is 17.2 Å². The van der Waals surface area contributed by atoms with Crippen molar-refractivity contribution in [3.05, 3.63) is 72.1 Å². The standard InChI is InChI=1S/C41H50FN9O4.ClH/c1-24(43-5)39(53)48-37(41(2,3)4)36(52)35-28(22-51-13-7-8-33(35)51)40(54)47-31-19-27-30(20-34(31)55-6)44-23-45-38(27)46-26-11-12-32(29(42)18-26)50-16-14-49(15-17-50)21-25-9-10-25;/h7-8,11-13,18-20,22-25,35,37,43H,9-10,14-17,21H2,1-6H3,(H,47,54)(H,48,53)(H,44,45,46);1H/t24-,35-,37+;/m0./s1. The van der Waals surface area contributed by atoms with Gasteiger partial charge in [0, 0.05) is 68.0 Å². The number of nitrogens with zero attached hydrogens (tertiary/aromatic N) is 5. The maximum Gasteiger partial charge on any atom is 0.254 e. The number of methoxy groups -OCH3 is 1. The van der Waals surface area contributed by atoms with Crippen LogP contribution in [0.15, 0.2) is 60.6 Å². The Bertz CT molecular complexity index is 2140. The average Bonchev–Trinajstić information content (AvgIpc) is 3.73. The Kier molecular flexibility index (Phi) is 12.0. The number of hydrogen-bond donors (Lipinski definition) is 4. The Balaban J connectivity index is 0.00000532. The van der Waals surface area contributed by atoms with E-state index in [0.717, 1.165) is 38.6 Å². The number of halogens is 2. The number of benzene rings is 2. The van der Waals surface area contributed by atoms with Gasteiger partial charge in [-0.2, -0.15) is 0 Å². The van der Waals surface area contributed by atoms with Gasteiger partial charge in [0.25, 0.3) is 5.91 Å². The first-order chi connectivity index (χ1) is 26.3. The van der Waals surface area contributed by atoms with Crippen molar-refractivity contribution >= 4 is 70.0 Å². The molecule has 2 aromatic heterocycles. The first-order valence-electron chi connectivity index (χ1n) is 18.9. The molecule has 0 bridgehead atoms. The Morgan fingerprint density at radius 2 is 1.79 bits per heavy atom. The van der Waals surface area contributed by atoms with E-state index in [4.69, 9.17) is 4.74 Å². The number of fused-ring (bicyclic) bond motifs is 2. The molecule has 15 heteroatoms. The fourth-order valence-electron chi connectivity index (χ4n) is 7.38. The van der Waals surface area contributed by atoms with Gasteiger partial charge in [0.2, 0.25) is 5.91 Å². The van der Waals surface area contributed by atoms with Crippen LogP contribution in [0.1, 0.15) is 52.1 Å². The number of aromatic nitrogens is 3. The molecule has 3 aliphatic rings. The third-order valence-electron chi connectivity index (χ3n) is 10.8. The van der Waals surface area contributed by atoms with Gasteiger partial charge in [-0.1, -0.05) is 20.8 Å². The topological polar surface area (TPSA) is 146 Å². The largest absolute Gasteiger partial charge is 0.494 e. The van der Waals surface area contributed by atoms with Crippen LogP contribution >= 0.6 is 12.4 Å². The van der Waals surface area contributed by atoms with Crippen molar-refractivity contribution in [3.8, 4) is 5.75 Å². The van der Waals surface area contributed by atoms with Crippen molar-refractivity contribution in [1.82, 2.24) is 30.1 Å². The number of ether oxygens (including phenoxy) is 1. The summed E-state index contributed by atoms with van der Waals surface area (Å²) in [6.45, 7) is 11.9. The van der Waals surface area contributed by atoms with E-state index in [1.54, 1.807) is 55.2 Å². The summed E-state index contributed by atoms with van der Waals surface area (Å²) in [5, 5.41) is 12.6. The highest BCUT2D eigenvalue weighted by Gasteiger charge is 2.43. The number of carbonyl (C=O) groups excluding carboxylic acids is 3. The van der Waals surface area contributed by atoms with E-state index in [-0.39, 0.29) is 35.5 Å². The molecule has 4 N–H and O–H groups in total. The van der Waals surface area contributed by atoms with Gasteiger partial charge in [0.15, 0.2) is 5.78 Å². The molecular weight excluding hydrogens is 737 g/mol. The number of hydrogen-bond acceptors (Lipinski definition) is 10. The van der Waals surface area contributed by atoms with E-state index in [1.165, 1.54) is 32.3 Å². The second kappa shape index (κ2) is 16.6. The molecule has 3 atom stereocenters. The highest BCUT2D eigenvalue weighted by molar-refractivity contribution is 6.15. The second-order valence-electron chi connectivity index (χ2n) is 15.8. The number of carbonyl (C=O) groups is 3. The summed E-state index contributed by atoms with van der Waals surface area (Å²) >= 11 is 0. The summed E-state index contributed by atoms with van der Waals surface area (Å²) in [5.41, 5.74) is 2.15. The van der Waals surface area contributed by atoms with Gasteiger partial charge in [0.05, 0.1) is 47.6 Å². The van der Waals surface area contributed by atoms with Crippen molar-refractivity contribution in [2.75, 3.05) is 62.4 Å². The summed E-state index contributed by atoms with van der Waals surface area (Å²) in [6, 6.07) is 10.7. The molecule has 4 heterocycles. The summed E-state index contributed by atoms with van der Waals surface area (Å²) in [5.74, 6) is -0.807. The zero-order valence-electron chi connectivity index (χ0n) is 32.7. The fraction of sp³-hybridized carbons (Fsp3) is 0.439. The maximum absolute atomic E-state index is 15.6. The van der Waals surface area contributed by atoms with E-state index >= 15 is 4.39 Å². The maximum atomic E-state index is 15.6. The molecule has 7 rings (SSSR count). The number of Topliss-reactive ketones (excluding diaryl/α,β-unsaturated/α-hetero) is 1. The van der Waals surface area contributed by atoms with Crippen LogP contribution in [0.2, 0.25) is 0 Å². The van der Waals surface area contributed by atoms with E-state index < -0.39 is 29.3 Å². The second-order valence-corrected chi connectivity index (χ2v) is 15.8. The minimum atomic E-state index is -0.944. The lowest BCUT2D eigenvalue weighted by Crippen LogP contribution is -2.54. The summed E-state index contributed by atoms with van der Waals surface area (Å²) in [7, 11) is 3.17. The molecule has 0 unspecified atom stereocenters. The first kappa shape index (κ1) is 40.6. The highest BCUT2D eigenvalue weighted by atomic mass is 35.5. The molecule has 1 aliphatic carbocycles. The van der Waals surface area contributed by atoms with Gasteiger partial charge in [-0.15, -0.1) is 12.4 Å². The minimum Gasteiger partial charge on any atom is -0.494 e. The van der Waals surface area contributed by atoms with Crippen LogP contribution < -0.4 is 30.9 Å². The lowest BCUT2D eigenvalue weighted by atomic mass is 9.77. The van der Waals surface area contributed by atoms with Crippen LogP contribution in [0.3, 0.4) is 0 Å². The minimum absolute atomic E-state index is 0. The lowest BCUT2D eigenvalue weighted by Gasteiger charge is -2.36. The molecular formula is C41H51ClFN9O4. The van der Waals surface area contributed by atoms with Crippen LogP contribution in [-0.4, -0.2) is 96.0 Å². The molecule has 0 radical (unpaired) electrons. The number of anilines is 4. The van der Waals surface area contributed by atoms with Crippen LogP contribution in [-0.2, 0) is 14.4 Å². The molecule has 2 aliphatic heterocycles. The van der Waals surface area contributed by atoms with Gasteiger partial charge in [0.1, 0.15) is 23.7 Å². The van der Waals surface area contributed by atoms with E-state index in [2.05, 4.69) is 41.0 Å². The zero-order chi connectivity index (χ0) is 39.0. The summed E-state index contributed by atoms with van der Waals surface area (Å²) in [6.07, 6.45) is 7.47. The lowest BCUT2D eigenvalue weighted by molar-refractivity contribution is -0.131. The number of likely N-dealkylation sites (N-methyl/N-ethyl adjacent to an activating group) is 1. The Morgan fingerprint density at radius 1 is 1.04 bits per heavy atom. The zero-order valence-corrected chi connectivity index (χ0v) is 33.5. The van der Waals surface area contributed by atoms with Gasteiger partial charge in [-0.3, -0.25) is 19.3 Å². The van der Waals surface area contributed by atoms with Gasteiger partial charge in [-0.25, -0.2) is 14.4 Å². The summed E-state index contributed by atoms with van der Waals surface area (Å²) in [4.78, 5) is 55.1. The normalized spacial score (nSPS) is 18.0. The molecule has 2 fully saturated rings.